The number of Topliss-reactive ketones (excluding diaryl/α,β-unsaturated/α-hetero) is 1. The normalized spacial score (nSPS) is 17.9. The second-order valence-corrected chi connectivity index (χ2v) is 5.06. The second kappa shape index (κ2) is 5.00. The summed E-state index contributed by atoms with van der Waals surface area (Å²) in [5.74, 6) is 0.458. The highest BCUT2D eigenvalue weighted by molar-refractivity contribution is 6.01. The van der Waals surface area contributed by atoms with Crippen LogP contribution in [0.25, 0.3) is 0 Å². The molecule has 1 unspecified atom stereocenters. The van der Waals surface area contributed by atoms with Crippen LogP contribution < -0.4 is 4.74 Å². The van der Waals surface area contributed by atoms with Gasteiger partial charge in [0.1, 0.15) is 0 Å². The first-order chi connectivity index (χ1) is 9.69. The Morgan fingerprint density at radius 3 is 3.05 bits per heavy atom. The molecule has 0 bridgehead atoms. The van der Waals surface area contributed by atoms with Gasteiger partial charge in [0.15, 0.2) is 17.3 Å². The van der Waals surface area contributed by atoms with Crippen LogP contribution in [0.4, 0.5) is 0 Å². The molecule has 1 aliphatic rings. The molecular formula is C15H16N2O3. The number of H-pyrrole nitrogens is 1. The van der Waals surface area contributed by atoms with E-state index < -0.39 is 0 Å². The van der Waals surface area contributed by atoms with Gasteiger partial charge in [-0.3, -0.25) is 4.79 Å². The number of ketones is 1. The number of fused-ring (bicyclic) bond motifs is 1. The van der Waals surface area contributed by atoms with Crippen molar-refractivity contribution in [3.05, 3.63) is 41.5 Å². The van der Waals surface area contributed by atoms with Crippen LogP contribution in [-0.2, 0) is 12.8 Å². The molecule has 1 atom stereocenters. The van der Waals surface area contributed by atoms with E-state index in [1.54, 1.807) is 18.6 Å². The van der Waals surface area contributed by atoms with Crippen molar-refractivity contribution >= 4 is 5.78 Å². The first-order valence-electron chi connectivity index (χ1n) is 6.60. The Morgan fingerprint density at radius 1 is 1.50 bits per heavy atom. The van der Waals surface area contributed by atoms with Gasteiger partial charge in [-0.15, -0.1) is 0 Å². The third kappa shape index (κ3) is 2.15. The molecule has 0 saturated carbocycles. The summed E-state index contributed by atoms with van der Waals surface area (Å²) in [7, 11) is 1.51. The Hall–Kier alpha value is -2.30. The summed E-state index contributed by atoms with van der Waals surface area (Å²) in [6, 6.07) is 3.28. The average molecular weight is 272 g/mol. The van der Waals surface area contributed by atoms with Crippen LogP contribution >= 0.6 is 0 Å². The van der Waals surface area contributed by atoms with Crippen LogP contribution in [0.15, 0.2) is 24.7 Å². The van der Waals surface area contributed by atoms with E-state index in [-0.39, 0.29) is 17.5 Å². The molecule has 0 saturated heterocycles. The van der Waals surface area contributed by atoms with Crippen molar-refractivity contribution in [2.75, 3.05) is 7.11 Å². The minimum atomic E-state index is -0.0595. The lowest BCUT2D eigenvalue weighted by Crippen LogP contribution is -2.24. The Balaban J connectivity index is 1.88. The third-order valence-corrected chi connectivity index (χ3v) is 3.82. The van der Waals surface area contributed by atoms with Crippen LogP contribution in [0.5, 0.6) is 11.5 Å². The van der Waals surface area contributed by atoms with E-state index in [2.05, 4.69) is 9.97 Å². The number of phenolic OH excluding ortho intramolecular Hbond substituents is 1. The molecule has 1 aromatic heterocycles. The van der Waals surface area contributed by atoms with E-state index in [0.29, 0.717) is 17.7 Å². The lowest BCUT2D eigenvalue weighted by molar-refractivity contribution is 0.0900. The number of phenols is 1. The topological polar surface area (TPSA) is 75.2 Å². The number of hydrogen-bond acceptors (Lipinski definition) is 4. The molecule has 5 nitrogen and oxygen atoms in total. The Kier molecular flexibility index (Phi) is 3.18. The molecule has 0 spiro atoms. The lowest BCUT2D eigenvalue weighted by Gasteiger charge is -2.23. The van der Waals surface area contributed by atoms with Crippen molar-refractivity contribution in [3.8, 4) is 11.5 Å². The van der Waals surface area contributed by atoms with E-state index >= 15 is 0 Å². The largest absolute Gasteiger partial charge is 0.504 e. The maximum atomic E-state index is 12.5. The molecule has 2 aromatic rings. The number of nitrogens with zero attached hydrogens (tertiary/aromatic N) is 1. The van der Waals surface area contributed by atoms with Gasteiger partial charge in [-0.05, 0) is 37.0 Å². The number of hydrogen-bond donors (Lipinski definition) is 2. The molecular weight excluding hydrogens is 256 g/mol. The molecule has 0 amide bonds. The van der Waals surface area contributed by atoms with Crippen LogP contribution in [0.3, 0.4) is 0 Å². The smallest absolute Gasteiger partial charge is 0.166 e. The van der Waals surface area contributed by atoms with Gasteiger partial charge in [0.05, 0.1) is 13.4 Å². The fraction of sp³-hybridized carbons (Fsp3) is 0.333. The summed E-state index contributed by atoms with van der Waals surface area (Å²) < 4.78 is 5.08. The predicted octanol–water partition coefficient (Wildman–Crippen LogP) is 2.11. The molecule has 104 valence electrons. The zero-order valence-corrected chi connectivity index (χ0v) is 11.2. The molecule has 20 heavy (non-hydrogen) atoms. The van der Waals surface area contributed by atoms with Crippen molar-refractivity contribution in [1.29, 1.82) is 0 Å². The fourth-order valence-electron chi connectivity index (χ4n) is 2.75. The van der Waals surface area contributed by atoms with E-state index in [0.717, 1.165) is 24.1 Å². The van der Waals surface area contributed by atoms with Gasteiger partial charge < -0.3 is 14.8 Å². The zero-order chi connectivity index (χ0) is 14.1. The van der Waals surface area contributed by atoms with E-state index in [9.17, 15) is 9.90 Å². The number of aromatic nitrogens is 2. The number of methoxy groups -OCH3 is 1. The summed E-state index contributed by atoms with van der Waals surface area (Å²) in [6.45, 7) is 0. The number of aromatic amines is 1. The van der Waals surface area contributed by atoms with Crippen LogP contribution in [0.1, 0.15) is 28.0 Å². The van der Waals surface area contributed by atoms with E-state index in [4.69, 9.17) is 4.74 Å². The molecule has 3 rings (SSSR count). The quantitative estimate of drug-likeness (QED) is 0.897. The molecule has 0 fully saturated rings. The van der Waals surface area contributed by atoms with Crippen LogP contribution in [0.2, 0.25) is 0 Å². The highest BCUT2D eigenvalue weighted by Crippen LogP contribution is 2.35. The second-order valence-electron chi connectivity index (χ2n) is 5.06. The molecule has 1 aromatic carbocycles. The summed E-state index contributed by atoms with van der Waals surface area (Å²) >= 11 is 0. The maximum absolute atomic E-state index is 12.5. The standard InChI is InChI=1S/C15H16N2O3/c1-20-14-5-9-2-3-10(4-11-7-16-8-17-11)15(19)12(9)6-13(14)18/h5-8,10,18H,2-4H2,1H3,(H,16,17). The number of carbonyl (C=O) groups excluding carboxylic acids is 1. The number of rotatable bonds is 3. The van der Waals surface area contributed by atoms with Crippen molar-refractivity contribution in [1.82, 2.24) is 9.97 Å². The third-order valence-electron chi connectivity index (χ3n) is 3.82. The number of carbonyl (C=O) groups is 1. The van der Waals surface area contributed by atoms with Crippen LogP contribution in [0, 0.1) is 5.92 Å². The minimum absolute atomic E-state index is 0.0155. The van der Waals surface area contributed by atoms with Crippen molar-refractivity contribution in [3.63, 3.8) is 0 Å². The predicted molar refractivity (Wildman–Crippen MR) is 73.1 cm³/mol. The number of aromatic hydroxyl groups is 1. The lowest BCUT2D eigenvalue weighted by atomic mass is 9.80. The highest BCUT2D eigenvalue weighted by Gasteiger charge is 2.29. The van der Waals surface area contributed by atoms with Gasteiger partial charge in [0.2, 0.25) is 0 Å². The minimum Gasteiger partial charge on any atom is -0.504 e. The Morgan fingerprint density at radius 2 is 2.35 bits per heavy atom. The number of ether oxygens (including phenoxy) is 1. The molecule has 5 heteroatoms. The molecule has 1 heterocycles. The van der Waals surface area contributed by atoms with Gasteiger partial charge in [0.25, 0.3) is 0 Å². The highest BCUT2D eigenvalue weighted by atomic mass is 16.5. The fourth-order valence-corrected chi connectivity index (χ4v) is 2.75. The van der Waals surface area contributed by atoms with E-state index in [1.807, 2.05) is 0 Å². The van der Waals surface area contributed by atoms with Gasteiger partial charge in [-0.1, -0.05) is 0 Å². The summed E-state index contributed by atoms with van der Waals surface area (Å²) in [5, 5.41) is 9.83. The molecule has 0 radical (unpaired) electrons. The van der Waals surface area contributed by atoms with Gasteiger partial charge >= 0.3 is 0 Å². The van der Waals surface area contributed by atoms with E-state index in [1.165, 1.54) is 13.2 Å². The summed E-state index contributed by atoms with van der Waals surface area (Å²) in [6.07, 6.45) is 5.64. The van der Waals surface area contributed by atoms with Gasteiger partial charge in [-0.2, -0.15) is 0 Å². The number of benzene rings is 1. The zero-order valence-electron chi connectivity index (χ0n) is 11.2. The average Bonchev–Trinajstić information content (AvgIpc) is 2.95. The number of imidazole rings is 1. The van der Waals surface area contributed by atoms with Crippen molar-refractivity contribution in [2.24, 2.45) is 5.92 Å². The Labute approximate surface area is 116 Å². The van der Waals surface area contributed by atoms with Crippen molar-refractivity contribution in [2.45, 2.75) is 19.3 Å². The van der Waals surface area contributed by atoms with Crippen LogP contribution in [-0.4, -0.2) is 28.0 Å². The summed E-state index contributed by atoms with van der Waals surface area (Å²) in [5.41, 5.74) is 2.52. The number of nitrogens with one attached hydrogen (secondary N) is 1. The maximum Gasteiger partial charge on any atom is 0.166 e. The monoisotopic (exact) mass is 272 g/mol. The van der Waals surface area contributed by atoms with Gasteiger partial charge in [-0.25, -0.2) is 4.98 Å². The SMILES string of the molecule is COc1cc2c(cc1O)C(=O)C(Cc1cnc[nH]1)CC2. The van der Waals surface area contributed by atoms with Crippen molar-refractivity contribution < 1.29 is 14.6 Å². The number of aryl methyl sites for hydroxylation is 1. The molecule has 1 aliphatic carbocycles. The molecule has 0 aliphatic heterocycles. The van der Waals surface area contributed by atoms with Gasteiger partial charge in [0, 0.05) is 23.4 Å². The Bertz CT molecular complexity index is 635. The first-order valence-corrected chi connectivity index (χ1v) is 6.60. The first kappa shape index (κ1) is 12.7. The molecule has 2 N–H and O–H groups in total. The summed E-state index contributed by atoms with van der Waals surface area (Å²) in [4.78, 5) is 19.5.